The number of thioether (sulfide) groups is 1. The third-order valence-corrected chi connectivity index (χ3v) is 5.58. The fourth-order valence-electron chi connectivity index (χ4n) is 2.39. The second-order valence-electron chi connectivity index (χ2n) is 5.42. The summed E-state index contributed by atoms with van der Waals surface area (Å²) in [6.07, 6.45) is 1.06. The Labute approximate surface area is 158 Å². The maximum absolute atomic E-state index is 12.5. The minimum absolute atomic E-state index is 0.323. The second-order valence-corrected chi connectivity index (χ2v) is 8.63. The minimum Gasteiger partial charge on any atom is -0.495 e. The van der Waals surface area contributed by atoms with Crippen LogP contribution in [0.25, 0.3) is 0 Å². The van der Waals surface area contributed by atoms with Crippen LogP contribution in [0.3, 0.4) is 0 Å². The van der Waals surface area contributed by atoms with Crippen LogP contribution in [0.5, 0.6) is 5.75 Å². The summed E-state index contributed by atoms with van der Waals surface area (Å²) in [5, 5.41) is 2.80. The average molecular weight is 395 g/mol. The number of hydrogen-bond donors (Lipinski definition) is 1. The Morgan fingerprint density at radius 1 is 1.15 bits per heavy atom. The fraction of sp³-hybridized carbons (Fsp3) is 0.278. The molecule has 0 radical (unpaired) electrons. The summed E-state index contributed by atoms with van der Waals surface area (Å²) >= 11 is 1.60. The van der Waals surface area contributed by atoms with Crippen molar-refractivity contribution in [2.24, 2.45) is 0 Å². The first-order valence-electron chi connectivity index (χ1n) is 7.99. The highest BCUT2D eigenvalue weighted by Crippen LogP contribution is 2.30. The molecular weight excluding hydrogens is 372 g/mol. The summed E-state index contributed by atoms with van der Waals surface area (Å²) in [5.41, 5.74) is 0.988. The van der Waals surface area contributed by atoms with Gasteiger partial charge < -0.3 is 10.1 Å². The molecule has 0 saturated carbocycles. The number of para-hydroxylation sites is 3. The molecule has 26 heavy (non-hydrogen) atoms. The van der Waals surface area contributed by atoms with Gasteiger partial charge in [-0.1, -0.05) is 31.2 Å². The molecule has 0 aromatic heterocycles. The standard InChI is InChI=1S/C18H22N2O4S2/c1-4-25-17-12-8-5-9-14(17)19-18(21)13-20(26(3,22)23)15-10-6-7-11-16(15)24-2/h5-12H,4,13H2,1-3H3,(H,19,21). The van der Waals surface area contributed by atoms with Gasteiger partial charge in [0.05, 0.1) is 24.7 Å². The van der Waals surface area contributed by atoms with Crippen LogP contribution in [0, 0.1) is 0 Å². The quantitative estimate of drug-likeness (QED) is 0.696. The van der Waals surface area contributed by atoms with Crippen LogP contribution >= 0.6 is 11.8 Å². The molecule has 0 spiro atoms. The van der Waals surface area contributed by atoms with Crippen molar-refractivity contribution in [1.29, 1.82) is 0 Å². The van der Waals surface area contributed by atoms with Gasteiger partial charge in [-0.25, -0.2) is 8.42 Å². The molecule has 2 aromatic rings. The van der Waals surface area contributed by atoms with E-state index in [-0.39, 0.29) is 6.54 Å². The third kappa shape index (κ3) is 5.15. The van der Waals surface area contributed by atoms with Gasteiger partial charge in [-0.15, -0.1) is 11.8 Å². The summed E-state index contributed by atoms with van der Waals surface area (Å²) in [4.78, 5) is 13.5. The topological polar surface area (TPSA) is 75.7 Å². The molecule has 0 saturated heterocycles. The zero-order valence-electron chi connectivity index (χ0n) is 14.9. The van der Waals surface area contributed by atoms with Gasteiger partial charge in [0.1, 0.15) is 12.3 Å². The molecular formula is C18H22N2O4S2. The predicted octanol–water partition coefficient (Wildman–Crippen LogP) is 3.21. The van der Waals surface area contributed by atoms with E-state index >= 15 is 0 Å². The van der Waals surface area contributed by atoms with Crippen molar-refractivity contribution in [1.82, 2.24) is 0 Å². The number of anilines is 2. The highest BCUT2D eigenvalue weighted by atomic mass is 32.2. The maximum Gasteiger partial charge on any atom is 0.245 e. The summed E-state index contributed by atoms with van der Waals surface area (Å²) in [6.45, 7) is 1.68. The number of benzene rings is 2. The number of nitrogens with one attached hydrogen (secondary N) is 1. The molecule has 0 aliphatic heterocycles. The van der Waals surface area contributed by atoms with E-state index in [0.29, 0.717) is 17.1 Å². The molecule has 2 aromatic carbocycles. The summed E-state index contributed by atoms with van der Waals surface area (Å²) in [5.74, 6) is 0.821. The Balaban J connectivity index is 2.26. The molecule has 0 heterocycles. The third-order valence-electron chi connectivity index (χ3n) is 3.50. The van der Waals surface area contributed by atoms with Gasteiger partial charge in [0.15, 0.2) is 0 Å². The Hall–Kier alpha value is -2.19. The lowest BCUT2D eigenvalue weighted by Crippen LogP contribution is -2.37. The Kier molecular flexibility index (Phi) is 6.93. The monoisotopic (exact) mass is 394 g/mol. The molecule has 0 aliphatic rings. The lowest BCUT2D eigenvalue weighted by molar-refractivity contribution is -0.114. The van der Waals surface area contributed by atoms with E-state index in [1.165, 1.54) is 7.11 Å². The number of carbonyl (C=O) groups is 1. The number of carbonyl (C=O) groups excluding carboxylic acids is 1. The molecule has 0 unspecified atom stereocenters. The van der Waals surface area contributed by atoms with Crippen molar-refractivity contribution in [3.63, 3.8) is 0 Å². The number of rotatable bonds is 8. The molecule has 0 bridgehead atoms. The van der Waals surface area contributed by atoms with Crippen molar-refractivity contribution in [2.45, 2.75) is 11.8 Å². The normalized spacial score (nSPS) is 11.0. The van der Waals surface area contributed by atoms with E-state index in [0.717, 1.165) is 21.2 Å². The van der Waals surface area contributed by atoms with Crippen LogP contribution in [0.15, 0.2) is 53.4 Å². The van der Waals surface area contributed by atoms with Gasteiger partial charge in [-0.2, -0.15) is 0 Å². The highest BCUT2D eigenvalue weighted by Gasteiger charge is 2.24. The van der Waals surface area contributed by atoms with Gasteiger partial charge in [0.25, 0.3) is 0 Å². The number of amides is 1. The van der Waals surface area contributed by atoms with Gasteiger partial charge >= 0.3 is 0 Å². The molecule has 1 amide bonds. The first-order valence-corrected chi connectivity index (χ1v) is 10.8. The summed E-state index contributed by atoms with van der Waals surface area (Å²) in [7, 11) is -2.22. The van der Waals surface area contributed by atoms with E-state index in [1.54, 1.807) is 42.1 Å². The molecule has 0 atom stereocenters. The Morgan fingerprint density at radius 2 is 1.81 bits per heavy atom. The van der Waals surface area contributed by atoms with E-state index in [9.17, 15) is 13.2 Å². The first kappa shape index (κ1) is 20.1. The first-order chi connectivity index (χ1) is 12.4. The highest BCUT2D eigenvalue weighted by molar-refractivity contribution is 7.99. The smallest absolute Gasteiger partial charge is 0.245 e. The van der Waals surface area contributed by atoms with Crippen molar-refractivity contribution >= 4 is 39.1 Å². The van der Waals surface area contributed by atoms with Crippen molar-refractivity contribution in [2.75, 3.05) is 35.3 Å². The van der Waals surface area contributed by atoms with E-state index in [4.69, 9.17) is 4.74 Å². The van der Waals surface area contributed by atoms with Gasteiger partial charge in [0.2, 0.25) is 15.9 Å². The lowest BCUT2D eigenvalue weighted by atomic mass is 10.3. The number of hydrogen-bond acceptors (Lipinski definition) is 5. The molecule has 1 N–H and O–H groups in total. The molecule has 140 valence electrons. The molecule has 2 rings (SSSR count). The zero-order chi connectivity index (χ0) is 19.2. The van der Waals surface area contributed by atoms with Crippen LogP contribution in [-0.2, 0) is 14.8 Å². The zero-order valence-corrected chi connectivity index (χ0v) is 16.6. The summed E-state index contributed by atoms with van der Waals surface area (Å²) in [6, 6.07) is 14.1. The minimum atomic E-state index is -3.67. The van der Waals surface area contributed by atoms with Crippen LogP contribution in [0.2, 0.25) is 0 Å². The molecule has 8 heteroatoms. The molecule has 6 nitrogen and oxygen atoms in total. The van der Waals surface area contributed by atoms with Crippen molar-refractivity contribution in [3.05, 3.63) is 48.5 Å². The van der Waals surface area contributed by atoms with Gasteiger partial charge in [-0.05, 0) is 30.0 Å². The van der Waals surface area contributed by atoms with Crippen LogP contribution in [-0.4, -0.2) is 40.0 Å². The van der Waals surface area contributed by atoms with E-state index in [1.807, 2.05) is 25.1 Å². The number of ether oxygens (including phenoxy) is 1. The van der Waals surface area contributed by atoms with Crippen LogP contribution in [0.1, 0.15) is 6.92 Å². The Morgan fingerprint density at radius 3 is 2.46 bits per heavy atom. The largest absolute Gasteiger partial charge is 0.495 e. The second kappa shape index (κ2) is 8.95. The van der Waals surface area contributed by atoms with Gasteiger partial charge in [-0.3, -0.25) is 9.10 Å². The number of methoxy groups -OCH3 is 1. The average Bonchev–Trinajstić information content (AvgIpc) is 2.60. The van der Waals surface area contributed by atoms with Crippen molar-refractivity contribution in [3.8, 4) is 5.75 Å². The Bertz CT molecular complexity index is 869. The summed E-state index contributed by atoms with van der Waals surface area (Å²) < 4.78 is 30.8. The maximum atomic E-state index is 12.5. The van der Waals surface area contributed by atoms with Crippen LogP contribution < -0.4 is 14.4 Å². The molecule has 0 fully saturated rings. The van der Waals surface area contributed by atoms with Crippen LogP contribution in [0.4, 0.5) is 11.4 Å². The van der Waals surface area contributed by atoms with Crippen molar-refractivity contribution < 1.29 is 17.9 Å². The fourth-order valence-corrected chi connectivity index (χ4v) is 4.01. The SMILES string of the molecule is CCSc1ccccc1NC(=O)CN(c1ccccc1OC)S(C)(=O)=O. The van der Waals surface area contributed by atoms with E-state index < -0.39 is 15.9 Å². The van der Waals surface area contributed by atoms with E-state index in [2.05, 4.69) is 5.32 Å². The predicted molar refractivity (Wildman–Crippen MR) is 107 cm³/mol. The molecule has 0 aliphatic carbocycles. The number of nitrogens with zero attached hydrogens (tertiary/aromatic N) is 1. The lowest BCUT2D eigenvalue weighted by Gasteiger charge is -2.23. The number of sulfonamides is 1. The van der Waals surface area contributed by atoms with Gasteiger partial charge in [0, 0.05) is 4.90 Å².